The van der Waals surface area contributed by atoms with Crippen molar-refractivity contribution in [3.05, 3.63) is 29.8 Å². The van der Waals surface area contributed by atoms with Gasteiger partial charge in [-0.15, -0.1) is 0 Å². The number of benzene rings is 1. The molecular weight excluding hydrogens is 402 g/mol. The molecule has 0 radical (unpaired) electrons. The van der Waals surface area contributed by atoms with Gasteiger partial charge < -0.3 is 20.6 Å². The first-order valence-electron chi connectivity index (χ1n) is 12.6. The van der Waals surface area contributed by atoms with Crippen LogP contribution >= 0.6 is 0 Å². The predicted molar refractivity (Wildman–Crippen MR) is 122 cm³/mol. The summed E-state index contributed by atoms with van der Waals surface area (Å²) in [6.45, 7) is 2.95. The molecule has 7 atom stereocenters. The molecule has 0 aromatic heterocycles. The topological polar surface area (TPSA) is 81.7 Å². The van der Waals surface area contributed by atoms with Crippen molar-refractivity contribution in [2.24, 2.45) is 23.2 Å². The summed E-state index contributed by atoms with van der Waals surface area (Å²) in [5.74, 6) is 0.790. The molecule has 2 aliphatic heterocycles. The lowest BCUT2D eigenvalue weighted by atomic mass is 9.51. The lowest BCUT2D eigenvalue weighted by Gasteiger charge is -2.61. The number of para-hydroxylation sites is 1. The van der Waals surface area contributed by atoms with E-state index in [1.54, 1.807) is 0 Å². The number of rotatable bonds is 1. The van der Waals surface area contributed by atoms with Gasteiger partial charge in [0.25, 0.3) is 5.91 Å². The second-order valence-corrected chi connectivity index (χ2v) is 11.4. The standard InChI is InChI=1S/C26H35N3O3/c1-25-12-10-16(26(15-25)27-20-8-4-2-6-17(20)23(31)28-26)14-19(25)24(32)29-13-11-22(30)18-7-3-5-9-21(18)29/h2,4,6,8,16,18-19,21-22,27,30H,3,5,7,9-15H2,1H3,(H,28,31)/t16-,18+,19+,21-,22-,25-,26-/m0/s1. The van der Waals surface area contributed by atoms with Gasteiger partial charge >= 0.3 is 0 Å². The predicted octanol–water partition coefficient (Wildman–Crippen LogP) is 3.52. The number of carbonyl (C=O) groups excluding carboxylic acids is 2. The van der Waals surface area contributed by atoms with Crippen LogP contribution in [0.2, 0.25) is 0 Å². The molecule has 2 bridgehead atoms. The molecule has 1 saturated heterocycles. The van der Waals surface area contributed by atoms with Gasteiger partial charge in [-0.1, -0.05) is 31.9 Å². The average Bonchev–Trinajstić information content (AvgIpc) is 2.79. The Morgan fingerprint density at radius 2 is 1.94 bits per heavy atom. The highest BCUT2D eigenvalue weighted by Crippen LogP contribution is 2.59. The van der Waals surface area contributed by atoms with E-state index in [4.69, 9.17) is 0 Å². The highest BCUT2D eigenvalue weighted by molar-refractivity contribution is 6.02. The molecule has 32 heavy (non-hydrogen) atoms. The Kier molecular flexibility index (Phi) is 4.62. The zero-order valence-electron chi connectivity index (χ0n) is 19.0. The second kappa shape index (κ2) is 7.21. The fourth-order valence-electron chi connectivity index (χ4n) is 7.93. The second-order valence-electron chi connectivity index (χ2n) is 11.4. The number of piperidine rings is 1. The van der Waals surface area contributed by atoms with Gasteiger partial charge in [-0.3, -0.25) is 9.59 Å². The van der Waals surface area contributed by atoms with Gasteiger partial charge in [0.1, 0.15) is 5.66 Å². The van der Waals surface area contributed by atoms with Crippen molar-refractivity contribution in [3.8, 4) is 0 Å². The van der Waals surface area contributed by atoms with Crippen molar-refractivity contribution in [1.82, 2.24) is 10.2 Å². The van der Waals surface area contributed by atoms with Crippen LogP contribution in [0.1, 0.15) is 75.1 Å². The van der Waals surface area contributed by atoms with Crippen LogP contribution in [0.25, 0.3) is 0 Å². The maximum Gasteiger partial charge on any atom is 0.255 e. The Morgan fingerprint density at radius 1 is 1.12 bits per heavy atom. The van der Waals surface area contributed by atoms with E-state index < -0.39 is 5.66 Å². The molecule has 3 N–H and O–H groups in total. The van der Waals surface area contributed by atoms with Crippen LogP contribution in [0.15, 0.2) is 24.3 Å². The third-order valence-electron chi connectivity index (χ3n) is 9.59. The quantitative estimate of drug-likeness (QED) is 0.628. The van der Waals surface area contributed by atoms with Crippen LogP contribution < -0.4 is 10.6 Å². The number of anilines is 1. The molecule has 7 rings (SSSR count). The number of hydrogen-bond donors (Lipinski definition) is 3. The number of carbonyl (C=O) groups is 2. The van der Waals surface area contributed by atoms with Crippen LogP contribution in [0, 0.1) is 23.2 Å². The Hall–Kier alpha value is -2.08. The van der Waals surface area contributed by atoms with E-state index >= 15 is 0 Å². The number of aliphatic hydroxyl groups is 1. The molecule has 2 amide bonds. The van der Waals surface area contributed by atoms with E-state index in [0.717, 1.165) is 50.6 Å². The molecule has 0 unspecified atom stereocenters. The maximum atomic E-state index is 14.0. The summed E-state index contributed by atoms with van der Waals surface area (Å²) in [6, 6.07) is 7.93. The minimum Gasteiger partial charge on any atom is -0.393 e. The fraction of sp³-hybridized carbons (Fsp3) is 0.692. The van der Waals surface area contributed by atoms with Gasteiger partial charge in [0.15, 0.2) is 0 Å². The molecule has 1 aromatic carbocycles. The summed E-state index contributed by atoms with van der Waals surface area (Å²) in [6.07, 6.45) is 8.50. The molecular formula is C26H35N3O3. The molecule has 4 saturated carbocycles. The third kappa shape index (κ3) is 2.94. The van der Waals surface area contributed by atoms with E-state index in [0.29, 0.717) is 24.4 Å². The summed E-state index contributed by atoms with van der Waals surface area (Å²) in [5.41, 5.74) is 1.01. The summed E-state index contributed by atoms with van der Waals surface area (Å²) in [5, 5.41) is 17.6. The van der Waals surface area contributed by atoms with E-state index in [1.165, 1.54) is 6.42 Å². The van der Waals surface area contributed by atoms with Gasteiger partial charge in [0, 0.05) is 36.0 Å². The molecule has 5 fully saturated rings. The molecule has 6 aliphatic rings. The normalized spacial score (nSPS) is 42.6. The van der Waals surface area contributed by atoms with Crippen molar-refractivity contribution in [1.29, 1.82) is 0 Å². The third-order valence-corrected chi connectivity index (χ3v) is 9.59. The van der Waals surface area contributed by atoms with E-state index in [9.17, 15) is 14.7 Å². The zero-order chi connectivity index (χ0) is 22.1. The first-order chi connectivity index (χ1) is 15.4. The van der Waals surface area contributed by atoms with Gasteiger partial charge in [-0.2, -0.15) is 0 Å². The van der Waals surface area contributed by atoms with Gasteiger partial charge in [0.05, 0.1) is 11.7 Å². The molecule has 1 spiro atoms. The number of nitrogens with one attached hydrogen (secondary N) is 2. The Labute approximate surface area is 190 Å². The van der Waals surface area contributed by atoms with Crippen molar-refractivity contribution in [2.45, 2.75) is 82.5 Å². The maximum absolute atomic E-state index is 14.0. The van der Waals surface area contributed by atoms with Crippen LogP contribution in [0.3, 0.4) is 0 Å². The molecule has 1 aromatic rings. The molecule has 6 nitrogen and oxygen atoms in total. The highest BCUT2D eigenvalue weighted by Gasteiger charge is 2.61. The molecule has 6 heteroatoms. The summed E-state index contributed by atoms with van der Waals surface area (Å²) >= 11 is 0. The molecule has 4 aliphatic carbocycles. The van der Waals surface area contributed by atoms with Gasteiger partial charge in [0.2, 0.25) is 5.91 Å². The summed E-state index contributed by atoms with van der Waals surface area (Å²) in [4.78, 5) is 29.1. The van der Waals surface area contributed by atoms with E-state index in [1.807, 2.05) is 24.3 Å². The number of hydrogen-bond acceptors (Lipinski definition) is 4. The van der Waals surface area contributed by atoms with Crippen molar-refractivity contribution in [2.75, 3.05) is 11.9 Å². The Balaban J connectivity index is 1.26. The summed E-state index contributed by atoms with van der Waals surface area (Å²) < 4.78 is 0. The lowest BCUT2D eigenvalue weighted by Crippen LogP contribution is -2.70. The number of nitrogens with zero attached hydrogens (tertiary/aromatic N) is 1. The zero-order valence-corrected chi connectivity index (χ0v) is 19.0. The first kappa shape index (κ1) is 20.5. The highest BCUT2D eigenvalue weighted by atomic mass is 16.3. The smallest absolute Gasteiger partial charge is 0.255 e. The molecule has 172 valence electrons. The van der Waals surface area contributed by atoms with E-state index in [-0.39, 0.29) is 41.2 Å². The van der Waals surface area contributed by atoms with Gasteiger partial charge in [-0.25, -0.2) is 0 Å². The summed E-state index contributed by atoms with van der Waals surface area (Å²) in [7, 11) is 0. The van der Waals surface area contributed by atoms with Crippen LogP contribution in [-0.2, 0) is 4.79 Å². The number of fused-ring (bicyclic) bond motifs is 4. The molecule has 2 heterocycles. The number of aliphatic hydroxyl groups excluding tert-OH is 1. The van der Waals surface area contributed by atoms with Crippen LogP contribution in [0.4, 0.5) is 5.69 Å². The number of amides is 2. The van der Waals surface area contributed by atoms with Crippen molar-refractivity contribution in [3.63, 3.8) is 0 Å². The minimum absolute atomic E-state index is 0.000525. The van der Waals surface area contributed by atoms with Gasteiger partial charge in [-0.05, 0) is 62.5 Å². The van der Waals surface area contributed by atoms with Crippen LogP contribution in [0.5, 0.6) is 0 Å². The fourth-order valence-corrected chi connectivity index (χ4v) is 7.93. The Morgan fingerprint density at radius 3 is 2.78 bits per heavy atom. The minimum atomic E-state index is -0.458. The van der Waals surface area contributed by atoms with Crippen molar-refractivity contribution >= 4 is 17.5 Å². The number of likely N-dealkylation sites (tertiary alicyclic amines) is 1. The van der Waals surface area contributed by atoms with E-state index in [2.05, 4.69) is 22.5 Å². The lowest BCUT2D eigenvalue weighted by molar-refractivity contribution is -0.160. The monoisotopic (exact) mass is 437 g/mol. The van der Waals surface area contributed by atoms with Crippen molar-refractivity contribution < 1.29 is 14.7 Å². The SMILES string of the molecule is C[C@@]12CC[C@@H](C[C@@H]1C(=O)N1CC[C@H](O)[C@@H]3CCCC[C@@H]31)[C@]1(C2)NC(=O)c2ccccc2N1. The largest absolute Gasteiger partial charge is 0.393 e. The first-order valence-corrected chi connectivity index (χ1v) is 12.6. The van der Waals surface area contributed by atoms with Crippen LogP contribution in [-0.4, -0.2) is 46.2 Å². The Bertz CT molecular complexity index is 950. The average molecular weight is 438 g/mol.